The number of nitrogens with zero attached hydrogens (tertiary/aromatic N) is 1. The van der Waals surface area contributed by atoms with Gasteiger partial charge in [-0.25, -0.2) is 4.39 Å². The fourth-order valence-corrected chi connectivity index (χ4v) is 1.59. The van der Waals surface area contributed by atoms with E-state index in [1.807, 2.05) is 0 Å². The monoisotopic (exact) mass is 297 g/mol. The van der Waals surface area contributed by atoms with Crippen molar-refractivity contribution in [3.8, 4) is 0 Å². The van der Waals surface area contributed by atoms with Gasteiger partial charge in [0.15, 0.2) is 0 Å². The number of rotatable bonds is 3. The molecule has 1 aromatic rings. The highest BCUT2D eigenvalue weighted by atomic mass is 35.5. The van der Waals surface area contributed by atoms with Crippen LogP contribution in [0.25, 0.3) is 0 Å². The average Bonchev–Trinajstić information content (AvgIpc) is 2.35. The zero-order valence-corrected chi connectivity index (χ0v) is 11.0. The van der Waals surface area contributed by atoms with Crippen LogP contribution in [0.2, 0.25) is 0 Å². The molecular formula is C12H12ClF4NO. The van der Waals surface area contributed by atoms with Crippen molar-refractivity contribution in [3.63, 3.8) is 0 Å². The number of benzene rings is 1. The van der Waals surface area contributed by atoms with Gasteiger partial charge in [-0.2, -0.15) is 13.2 Å². The molecule has 0 radical (unpaired) electrons. The van der Waals surface area contributed by atoms with Crippen molar-refractivity contribution in [2.75, 3.05) is 12.9 Å². The highest BCUT2D eigenvalue weighted by Crippen LogP contribution is 2.32. The van der Waals surface area contributed by atoms with E-state index in [1.165, 1.54) is 11.9 Å². The molecule has 0 heterocycles. The second-order valence-corrected chi connectivity index (χ2v) is 4.42. The molecule has 0 saturated heterocycles. The maximum absolute atomic E-state index is 13.1. The Bertz CT molecular complexity index is 475. The van der Waals surface area contributed by atoms with Crippen LogP contribution in [-0.2, 0) is 6.18 Å². The number of amides is 1. The first-order valence-electron chi connectivity index (χ1n) is 5.38. The predicted octanol–water partition coefficient (Wildman–Crippen LogP) is 3.54. The summed E-state index contributed by atoms with van der Waals surface area (Å²) in [6.45, 7) is 1.65. The van der Waals surface area contributed by atoms with Gasteiger partial charge in [-0.15, -0.1) is 11.6 Å². The lowest BCUT2D eigenvalue weighted by Gasteiger charge is -2.23. The summed E-state index contributed by atoms with van der Waals surface area (Å²) in [6, 6.07) is 1.82. The normalized spacial score (nSPS) is 13.2. The lowest BCUT2D eigenvalue weighted by molar-refractivity contribution is -0.140. The van der Waals surface area contributed by atoms with Gasteiger partial charge < -0.3 is 4.90 Å². The molecule has 0 saturated carbocycles. The van der Waals surface area contributed by atoms with E-state index in [9.17, 15) is 22.4 Å². The molecule has 0 aliphatic carbocycles. The van der Waals surface area contributed by atoms with Crippen LogP contribution in [0.5, 0.6) is 0 Å². The standard InChI is InChI=1S/C12H12ClF4NO/c1-7(6-13)18(2)11(19)8-3-4-10(14)9(5-8)12(15,16)17/h3-5,7H,6H2,1-2H3. The molecule has 0 N–H and O–H groups in total. The largest absolute Gasteiger partial charge is 0.419 e. The highest BCUT2D eigenvalue weighted by molar-refractivity contribution is 6.18. The van der Waals surface area contributed by atoms with Crippen molar-refractivity contribution in [1.29, 1.82) is 0 Å². The fourth-order valence-electron chi connectivity index (χ4n) is 1.38. The van der Waals surface area contributed by atoms with Crippen LogP contribution < -0.4 is 0 Å². The lowest BCUT2D eigenvalue weighted by atomic mass is 10.1. The number of carbonyl (C=O) groups excluding carboxylic acids is 1. The van der Waals surface area contributed by atoms with Crippen molar-refractivity contribution < 1.29 is 22.4 Å². The first-order chi connectivity index (χ1) is 8.68. The first kappa shape index (κ1) is 15.8. The molecular weight excluding hydrogens is 286 g/mol. The number of hydrogen-bond acceptors (Lipinski definition) is 1. The number of carbonyl (C=O) groups is 1. The minimum absolute atomic E-state index is 0.148. The van der Waals surface area contributed by atoms with Gasteiger partial charge in [0.1, 0.15) is 5.82 Å². The third-order valence-corrected chi connectivity index (χ3v) is 3.17. The minimum atomic E-state index is -4.84. The smallest absolute Gasteiger partial charge is 0.338 e. The second kappa shape index (κ2) is 5.77. The van der Waals surface area contributed by atoms with Gasteiger partial charge in [0.05, 0.1) is 5.56 Å². The van der Waals surface area contributed by atoms with E-state index < -0.39 is 23.5 Å². The minimum Gasteiger partial charge on any atom is -0.338 e. The van der Waals surface area contributed by atoms with Gasteiger partial charge in [-0.1, -0.05) is 0 Å². The maximum atomic E-state index is 13.1. The van der Waals surface area contributed by atoms with E-state index in [1.54, 1.807) is 6.92 Å². The van der Waals surface area contributed by atoms with Crippen LogP contribution in [0.15, 0.2) is 18.2 Å². The summed E-state index contributed by atoms with van der Waals surface area (Å²) in [4.78, 5) is 13.1. The number of halogens is 5. The van der Waals surface area contributed by atoms with Crippen LogP contribution >= 0.6 is 11.6 Å². The van der Waals surface area contributed by atoms with Crippen molar-refractivity contribution in [2.45, 2.75) is 19.1 Å². The van der Waals surface area contributed by atoms with Gasteiger partial charge in [-0.05, 0) is 25.1 Å². The van der Waals surface area contributed by atoms with Gasteiger partial charge in [0, 0.05) is 24.5 Å². The third kappa shape index (κ3) is 3.59. The molecule has 7 heteroatoms. The summed E-state index contributed by atoms with van der Waals surface area (Å²) >= 11 is 5.57. The molecule has 106 valence electrons. The predicted molar refractivity (Wildman–Crippen MR) is 63.7 cm³/mol. The van der Waals surface area contributed by atoms with Crippen LogP contribution in [0, 0.1) is 5.82 Å². The van der Waals surface area contributed by atoms with Crippen molar-refractivity contribution in [3.05, 3.63) is 35.1 Å². The maximum Gasteiger partial charge on any atom is 0.419 e. The summed E-state index contributed by atoms with van der Waals surface area (Å²) in [7, 11) is 1.42. The summed E-state index contributed by atoms with van der Waals surface area (Å²) in [5.41, 5.74) is -1.68. The van der Waals surface area contributed by atoms with Crippen LogP contribution in [0.4, 0.5) is 17.6 Å². The average molecular weight is 298 g/mol. The van der Waals surface area contributed by atoms with Crippen LogP contribution in [0.1, 0.15) is 22.8 Å². The van der Waals surface area contributed by atoms with E-state index in [4.69, 9.17) is 11.6 Å². The second-order valence-electron chi connectivity index (χ2n) is 4.11. The Kier molecular flexibility index (Phi) is 4.79. The summed E-state index contributed by atoms with van der Waals surface area (Å²) in [5.74, 6) is -1.90. The zero-order valence-electron chi connectivity index (χ0n) is 10.3. The van der Waals surface area contributed by atoms with Crippen LogP contribution in [0.3, 0.4) is 0 Å². The molecule has 0 aromatic heterocycles. The molecule has 1 aromatic carbocycles. The Morgan fingerprint density at radius 1 is 1.42 bits per heavy atom. The molecule has 1 atom stereocenters. The quantitative estimate of drug-likeness (QED) is 0.617. The van der Waals surface area contributed by atoms with E-state index in [2.05, 4.69) is 0 Å². The van der Waals surface area contributed by atoms with Gasteiger partial charge in [0.25, 0.3) is 5.91 Å². The van der Waals surface area contributed by atoms with Crippen LogP contribution in [-0.4, -0.2) is 29.8 Å². The Labute approximate surface area is 113 Å². The molecule has 1 rings (SSSR count). The molecule has 0 spiro atoms. The fraction of sp³-hybridized carbons (Fsp3) is 0.417. The molecule has 0 bridgehead atoms. The third-order valence-electron chi connectivity index (χ3n) is 2.72. The molecule has 0 aliphatic heterocycles. The SMILES string of the molecule is CC(CCl)N(C)C(=O)c1ccc(F)c(C(F)(F)F)c1. The molecule has 0 fully saturated rings. The summed E-state index contributed by atoms with van der Waals surface area (Å²) in [5, 5.41) is 0. The van der Waals surface area contributed by atoms with Gasteiger partial charge >= 0.3 is 6.18 Å². The number of hydrogen-bond donors (Lipinski definition) is 0. The Hall–Kier alpha value is -1.30. The molecule has 1 amide bonds. The molecule has 2 nitrogen and oxygen atoms in total. The van der Waals surface area contributed by atoms with Gasteiger partial charge in [0.2, 0.25) is 0 Å². The molecule has 19 heavy (non-hydrogen) atoms. The topological polar surface area (TPSA) is 20.3 Å². The Balaban J connectivity index is 3.13. The first-order valence-corrected chi connectivity index (χ1v) is 5.91. The van der Waals surface area contributed by atoms with Crippen molar-refractivity contribution in [1.82, 2.24) is 4.90 Å². The Morgan fingerprint density at radius 3 is 2.47 bits per heavy atom. The zero-order chi connectivity index (χ0) is 14.8. The van der Waals surface area contributed by atoms with E-state index in [0.717, 1.165) is 6.07 Å². The number of alkyl halides is 4. The molecule has 0 aliphatic rings. The van der Waals surface area contributed by atoms with E-state index in [0.29, 0.717) is 12.1 Å². The summed E-state index contributed by atoms with van der Waals surface area (Å²) in [6.07, 6.45) is -4.84. The van der Waals surface area contributed by atoms with Gasteiger partial charge in [-0.3, -0.25) is 4.79 Å². The Morgan fingerprint density at radius 2 is 2.00 bits per heavy atom. The van der Waals surface area contributed by atoms with Crippen molar-refractivity contribution in [2.24, 2.45) is 0 Å². The highest BCUT2D eigenvalue weighted by Gasteiger charge is 2.35. The summed E-state index contributed by atoms with van der Waals surface area (Å²) < 4.78 is 50.7. The van der Waals surface area contributed by atoms with E-state index in [-0.39, 0.29) is 17.5 Å². The van der Waals surface area contributed by atoms with E-state index >= 15 is 0 Å². The lowest BCUT2D eigenvalue weighted by Crippen LogP contribution is -2.36. The van der Waals surface area contributed by atoms with Crippen molar-refractivity contribution >= 4 is 17.5 Å². The molecule has 1 unspecified atom stereocenters.